The number of aliphatic hydroxyl groups is 1. The van der Waals surface area contributed by atoms with E-state index in [4.69, 9.17) is 5.11 Å². The largest absolute Gasteiger partial charge is 0.396 e. The molecule has 0 spiro atoms. The Morgan fingerprint density at radius 1 is 0.947 bits per heavy atom. The molecule has 0 radical (unpaired) electrons. The van der Waals surface area contributed by atoms with Crippen LogP contribution >= 0.6 is 0 Å². The second-order valence-electron chi connectivity index (χ2n) is 7.09. The van der Waals surface area contributed by atoms with Crippen molar-refractivity contribution in [3.8, 4) is 0 Å². The Bertz CT molecular complexity index is 415. The van der Waals surface area contributed by atoms with E-state index < -0.39 is 0 Å². The van der Waals surface area contributed by atoms with Gasteiger partial charge in [0.25, 0.3) is 0 Å². The molecule has 0 heterocycles. The van der Waals surface area contributed by atoms with E-state index in [-0.39, 0.29) is 17.4 Å². The van der Waals surface area contributed by atoms with Crippen LogP contribution in [0.15, 0.2) is 23.2 Å². The summed E-state index contributed by atoms with van der Waals surface area (Å²) in [6.45, 7) is 13.5. The molecule has 1 aromatic carbocycles. The van der Waals surface area contributed by atoms with Gasteiger partial charge in [0.05, 0.1) is 5.69 Å². The van der Waals surface area contributed by atoms with Crippen molar-refractivity contribution in [1.29, 1.82) is 0 Å². The number of hydrogen-bond acceptors (Lipinski definition) is 2. The van der Waals surface area contributed by atoms with E-state index in [1.807, 2.05) is 0 Å². The standard InChI is InChI=1S/C17H27NO/c1-16(2,3)13-10-14(17(4,5)6)12-15(11-13)18-8-7-9-19/h8,10-12,19H,7,9H2,1-6H3. The van der Waals surface area contributed by atoms with E-state index in [2.05, 4.69) is 64.7 Å². The minimum absolute atomic E-state index is 0.114. The van der Waals surface area contributed by atoms with Crippen molar-refractivity contribution in [2.75, 3.05) is 6.61 Å². The highest BCUT2D eigenvalue weighted by Gasteiger charge is 2.20. The van der Waals surface area contributed by atoms with Crippen molar-refractivity contribution in [3.63, 3.8) is 0 Å². The molecular weight excluding hydrogens is 234 g/mol. The summed E-state index contributed by atoms with van der Waals surface area (Å²) < 4.78 is 0. The molecule has 0 fully saturated rings. The van der Waals surface area contributed by atoms with Gasteiger partial charge in [0, 0.05) is 19.2 Å². The summed E-state index contributed by atoms with van der Waals surface area (Å²) in [5.74, 6) is 0. The van der Waals surface area contributed by atoms with Crippen LogP contribution in [0.4, 0.5) is 5.69 Å². The Morgan fingerprint density at radius 2 is 1.42 bits per heavy atom. The van der Waals surface area contributed by atoms with Crippen molar-refractivity contribution in [2.45, 2.75) is 58.8 Å². The zero-order chi connectivity index (χ0) is 14.7. The third kappa shape index (κ3) is 4.79. The van der Waals surface area contributed by atoms with Crippen LogP contribution in [0.25, 0.3) is 0 Å². The number of benzene rings is 1. The van der Waals surface area contributed by atoms with Crippen LogP contribution in [-0.2, 0) is 10.8 Å². The Kier molecular flexibility index (Phi) is 4.92. The lowest BCUT2D eigenvalue weighted by Gasteiger charge is -2.25. The Hall–Kier alpha value is -1.15. The summed E-state index contributed by atoms with van der Waals surface area (Å²) >= 11 is 0. The summed E-state index contributed by atoms with van der Waals surface area (Å²) in [5.41, 5.74) is 3.81. The van der Waals surface area contributed by atoms with E-state index in [9.17, 15) is 0 Å². The van der Waals surface area contributed by atoms with Crippen LogP contribution in [0.3, 0.4) is 0 Å². The normalized spacial score (nSPS) is 13.2. The van der Waals surface area contributed by atoms with Gasteiger partial charge in [-0.1, -0.05) is 47.6 Å². The van der Waals surface area contributed by atoms with Gasteiger partial charge in [0.15, 0.2) is 0 Å². The smallest absolute Gasteiger partial charge is 0.0631 e. The molecule has 0 saturated carbocycles. The van der Waals surface area contributed by atoms with Crippen LogP contribution in [0.2, 0.25) is 0 Å². The van der Waals surface area contributed by atoms with Crippen molar-refractivity contribution < 1.29 is 5.11 Å². The first kappa shape index (κ1) is 15.9. The molecule has 0 aliphatic heterocycles. The molecule has 0 atom stereocenters. The fourth-order valence-electron chi connectivity index (χ4n) is 1.78. The first-order chi connectivity index (χ1) is 8.64. The summed E-state index contributed by atoms with van der Waals surface area (Å²) in [5, 5.41) is 8.82. The predicted octanol–water partition coefficient (Wildman–Crippen LogP) is 4.37. The molecule has 106 valence electrons. The van der Waals surface area contributed by atoms with E-state index in [1.54, 1.807) is 6.21 Å². The molecule has 2 nitrogen and oxygen atoms in total. The predicted molar refractivity (Wildman–Crippen MR) is 83.7 cm³/mol. The van der Waals surface area contributed by atoms with Crippen LogP contribution in [0.1, 0.15) is 59.1 Å². The van der Waals surface area contributed by atoms with Crippen LogP contribution in [0, 0.1) is 0 Å². The fraction of sp³-hybridized carbons (Fsp3) is 0.588. The Labute approximate surface area is 117 Å². The minimum Gasteiger partial charge on any atom is -0.396 e. The summed E-state index contributed by atoms with van der Waals surface area (Å²) in [7, 11) is 0. The molecule has 0 aliphatic carbocycles. The maximum atomic E-state index is 8.82. The highest BCUT2D eigenvalue weighted by atomic mass is 16.2. The molecule has 0 aromatic heterocycles. The summed E-state index contributed by atoms with van der Waals surface area (Å²) in [4.78, 5) is 4.46. The van der Waals surface area contributed by atoms with Crippen molar-refractivity contribution >= 4 is 11.9 Å². The highest BCUT2D eigenvalue weighted by Crippen LogP contribution is 2.32. The van der Waals surface area contributed by atoms with Gasteiger partial charge in [0.1, 0.15) is 0 Å². The minimum atomic E-state index is 0.114. The van der Waals surface area contributed by atoms with Crippen LogP contribution in [-0.4, -0.2) is 17.9 Å². The molecule has 0 saturated heterocycles. The number of aliphatic hydroxyl groups excluding tert-OH is 1. The lowest BCUT2D eigenvalue weighted by molar-refractivity contribution is 0.308. The second-order valence-corrected chi connectivity index (χ2v) is 7.09. The first-order valence-electron chi connectivity index (χ1n) is 6.94. The maximum absolute atomic E-state index is 8.82. The number of nitrogens with zero attached hydrogens (tertiary/aromatic N) is 1. The van der Waals surface area contributed by atoms with E-state index in [0.29, 0.717) is 6.42 Å². The van der Waals surface area contributed by atoms with Gasteiger partial charge in [0.2, 0.25) is 0 Å². The molecule has 0 unspecified atom stereocenters. The van der Waals surface area contributed by atoms with Gasteiger partial charge >= 0.3 is 0 Å². The van der Waals surface area contributed by atoms with E-state index >= 15 is 0 Å². The van der Waals surface area contributed by atoms with Gasteiger partial charge < -0.3 is 5.11 Å². The van der Waals surface area contributed by atoms with E-state index in [1.165, 1.54) is 11.1 Å². The summed E-state index contributed by atoms with van der Waals surface area (Å²) in [6.07, 6.45) is 2.39. The third-order valence-electron chi connectivity index (χ3n) is 3.15. The Balaban J connectivity index is 3.25. The molecule has 0 aliphatic rings. The summed E-state index contributed by atoms with van der Waals surface area (Å²) in [6, 6.07) is 6.57. The molecular formula is C17H27NO. The molecule has 1 aromatic rings. The molecule has 1 N–H and O–H groups in total. The molecule has 0 amide bonds. The van der Waals surface area contributed by atoms with Crippen molar-refractivity contribution in [2.24, 2.45) is 4.99 Å². The molecule has 0 bridgehead atoms. The van der Waals surface area contributed by atoms with Crippen LogP contribution in [0.5, 0.6) is 0 Å². The molecule has 2 heteroatoms. The second kappa shape index (κ2) is 5.87. The van der Waals surface area contributed by atoms with Crippen molar-refractivity contribution in [1.82, 2.24) is 0 Å². The van der Waals surface area contributed by atoms with Gasteiger partial charge in [-0.05, 0) is 34.1 Å². The highest BCUT2D eigenvalue weighted by molar-refractivity contribution is 5.64. The number of rotatable bonds is 3. The zero-order valence-electron chi connectivity index (χ0n) is 13.1. The topological polar surface area (TPSA) is 32.6 Å². The van der Waals surface area contributed by atoms with Gasteiger partial charge in [-0.2, -0.15) is 0 Å². The third-order valence-corrected chi connectivity index (χ3v) is 3.15. The average Bonchev–Trinajstić information content (AvgIpc) is 2.27. The first-order valence-corrected chi connectivity index (χ1v) is 6.94. The number of hydrogen-bond donors (Lipinski definition) is 1. The van der Waals surface area contributed by atoms with Gasteiger partial charge in [-0.15, -0.1) is 0 Å². The zero-order valence-corrected chi connectivity index (χ0v) is 13.1. The quantitative estimate of drug-likeness (QED) is 0.805. The maximum Gasteiger partial charge on any atom is 0.0631 e. The average molecular weight is 261 g/mol. The molecule has 1 rings (SSSR count). The van der Waals surface area contributed by atoms with Crippen LogP contribution < -0.4 is 0 Å². The van der Waals surface area contributed by atoms with Crippen molar-refractivity contribution in [3.05, 3.63) is 29.3 Å². The van der Waals surface area contributed by atoms with E-state index in [0.717, 1.165) is 5.69 Å². The molecule has 19 heavy (non-hydrogen) atoms. The number of aliphatic imine (C=N–C) groups is 1. The van der Waals surface area contributed by atoms with Gasteiger partial charge in [-0.3, -0.25) is 4.99 Å². The van der Waals surface area contributed by atoms with Gasteiger partial charge in [-0.25, -0.2) is 0 Å². The lowest BCUT2D eigenvalue weighted by atomic mass is 9.80. The monoisotopic (exact) mass is 261 g/mol. The fourth-order valence-corrected chi connectivity index (χ4v) is 1.78. The lowest BCUT2D eigenvalue weighted by Crippen LogP contribution is -2.16. The SMILES string of the molecule is CC(C)(C)c1cc(N=CCCO)cc(C(C)(C)C)c1. The Morgan fingerprint density at radius 3 is 1.79 bits per heavy atom.